The molecule has 0 bridgehead atoms. The average molecular weight is 1100 g/mol. The first-order chi connectivity index (χ1) is 37.1. The van der Waals surface area contributed by atoms with Gasteiger partial charge in [-0.05, 0) is 51.8 Å². The molecule has 23 heteroatoms. The fourth-order valence-corrected chi connectivity index (χ4v) is 8.70. The van der Waals surface area contributed by atoms with Gasteiger partial charge >= 0.3 is 8.80 Å². The van der Waals surface area contributed by atoms with Gasteiger partial charge < -0.3 is 103 Å². The summed E-state index contributed by atoms with van der Waals surface area (Å²) in [6, 6.07) is 6.43. The van der Waals surface area contributed by atoms with E-state index in [1.54, 1.807) is 13.4 Å². The third kappa shape index (κ3) is 48.8. The highest BCUT2D eigenvalue weighted by Crippen LogP contribution is 2.25. The SMILES string of the molecule is C/C=C/Oc1cc(COCCOCCOCCOCCOCCOCCOCCOCCOCCOCCOCCOCCOCCOCCOCCOCCOC)cc(OCCC[Si](OCC)(OCC)OCC)c1. The van der Waals surface area contributed by atoms with Crippen LogP contribution in [0.5, 0.6) is 11.5 Å². The summed E-state index contributed by atoms with van der Waals surface area (Å²) in [4.78, 5) is 0. The monoisotopic (exact) mass is 1100 g/mol. The minimum atomic E-state index is -2.72. The molecule has 1 rings (SSSR count). The molecule has 0 aliphatic heterocycles. The van der Waals surface area contributed by atoms with Gasteiger partial charge in [0.05, 0.1) is 231 Å². The number of allylic oxidation sites excluding steroid dienone is 1. The summed E-state index contributed by atoms with van der Waals surface area (Å²) in [6.45, 7) is 26.2. The molecule has 75 heavy (non-hydrogen) atoms. The Kier molecular flexibility index (Phi) is 55.0. The maximum Gasteiger partial charge on any atom is 0.501 e. The van der Waals surface area contributed by atoms with Gasteiger partial charge in [0, 0.05) is 39.0 Å². The number of hydrogen-bond acceptors (Lipinski definition) is 22. The van der Waals surface area contributed by atoms with Crippen molar-refractivity contribution in [1.29, 1.82) is 0 Å². The van der Waals surface area contributed by atoms with E-state index in [1.165, 1.54) is 0 Å². The fraction of sp³-hybridized carbons (Fsp3) is 0.846. The Hall–Kier alpha value is -2.02. The lowest BCUT2D eigenvalue weighted by Gasteiger charge is -2.28. The Morgan fingerprint density at radius 1 is 0.347 bits per heavy atom. The predicted octanol–water partition coefficient (Wildman–Crippen LogP) is 4.83. The topological polar surface area (TPSA) is 203 Å². The van der Waals surface area contributed by atoms with Gasteiger partial charge in [-0.25, -0.2) is 0 Å². The molecular weight excluding hydrogens is 1000 g/mol. The third-order valence-corrected chi connectivity index (χ3v) is 12.7. The smallest absolute Gasteiger partial charge is 0.493 e. The molecular formula is C52H98O22Si. The highest BCUT2D eigenvalue weighted by Gasteiger charge is 2.39. The molecule has 0 atom stereocenters. The zero-order valence-electron chi connectivity index (χ0n) is 46.4. The Bertz CT molecular complexity index is 1310. The fourth-order valence-electron chi connectivity index (χ4n) is 6.12. The Morgan fingerprint density at radius 3 is 0.907 bits per heavy atom. The van der Waals surface area contributed by atoms with Crippen LogP contribution in [-0.2, 0) is 100 Å². The van der Waals surface area contributed by atoms with Crippen LogP contribution in [0.2, 0.25) is 6.04 Å². The summed E-state index contributed by atoms with van der Waals surface area (Å²) in [7, 11) is -1.07. The molecule has 0 fully saturated rings. The number of benzene rings is 1. The van der Waals surface area contributed by atoms with E-state index in [0.717, 1.165) is 12.0 Å². The second-order valence-electron chi connectivity index (χ2n) is 15.6. The molecule has 22 nitrogen and oxygen atoms in total. The summed E-state index contributed by atoms with van der Waals surface area (Å²) in [5.41, 5.74) is 0.931. The first kappa shape index (κ1) is 71.0. The van der Waals surface area contributed by atoms with Crippen molar-refractivity contribution in [3.8, 4) is 11.5 Å². The number of rotatable bonds is 63. The lowest BCUT2D eigenvalue weighted by molar-refractivity contribution is -0.0306. The van der Waals surface area contributed by atoms with Crippen LogP contribution in [0.1, 0.15) is 39.7 Å². The standard InChI is InChI=1S/C52H98O22Si/c1-6-11-70-51-46-50(47-52(48-51)71-12-10-45-75(72-7-2,73-8-3)74-9-4)49-69-44-43-68-42-41-67-40-39-66-38-37-65-36-35-64-34-33-63-32-31-62-30-29-61-28-27-60-26-25-59-24-23-58-22-21-57-20-19-56-18-17-55-16-15-54-14-13-53-5/h6,11,46-48H,7-10,12-45,49H2,1-5H3/b11-6+. The molecule has 0 aliphatic rings. The van der Waals surface area contributed by atoms with Crippen LogP contribution in [0.4, 0.5) is 0 Å². The minimum Gasteiger partial charge on any atom is -0.493 e. The van der Waals surface area contributed by atoms with Gasteiger partial charge in [0.25, 0.3) is 0 Å². The van der Waals surface area contributed by atoms with E-state index >= 15 is 0 Å². The van der Waals surface area contributed by atoms with Crippen molar-refractivity contribution in [1.82, 2.24) is 0 Å². The highest BCUT2D eigenvalue weighted by molar-refractivity contribution is 6.60. The normalized spacial score (nSPS) is 12.0. The van der Waals surface area contributed by atoms with Crippen LogP contribution in [0.25, 0.3) is 0 Å². The number of methoxy groups -OCH3 is 1. The van der Waals surface area contributed by atoms with E-state index < -0.39 is 8.80 Å². The Morgan fingerprint density at radius 2 is 0.627 bits per heavy atom. The first-order valence-corrected chi connectivity index (χ1v) is 28.7. The zero-order valence-corrected chi connectivity index (χ0v) is 47.4. The van der Waals surface area contributed by atoms with Crippen molar-refractivity contribution < 1.29 is 103 Å². The predicted molar refractivity (Wildman–Crippen MR) is 281 cm³/mol. The van der Waals surface area contributed by atoms with Gasteiger partial charge in [0.2, 0.25) is 0 Å². The van der Waals surface area contributed by atoms with E-state index in [4.69, 9.17) is 103 Å². The van der Waals surface area contributed by atoms with E-state index in [9.17, 15) is 0 Å². The van der Waals surface area contributed by atoms with Crippen molar-refractivity contribution in [3.05, 3.63) is 36.1 Å². The van der Waals surface area contributed by atoms with Crippen LogP contribution >= 0.6 is 0 Å². The molecule has 0 amide bonds. The molecule has 0 N–H and O–H groups in total. The van der Waals surface area contributed by atoms with Crippen LogP contribution in [0, 0.1) is 0 Å². The largest absolute Gasteiger partial charge is 0.501 e. The van der Waals surface area contributed by atoms with Gasteiger partial charge in [0.1, 0.15) is 11.5 Å². The van der Waals surface area contributed by atoms with Gasteiger partial charge in [-0.1, -0.05) is 6.08 Å². The summed E-state index contributed by atoms with van der Waals surface area (Å²) in [5, 5.41) is 0. The number of ether oxygens (including phenoxy) is 19. The molecule has 0 unspecified atom stereocenters. The van der Waals surface area contributed by atoms with Crippen LogP contribution < -0.4 is 9.47 Å². The Balaban J connectivity index is 1.80. The van der Waals surface area contributed by atoms with Crippen molar-refractivity contribution in [2.24, 2.45) is 0 Å². The maximum absolute atomic E-state index is 6.10. The van der Waals surface area contributed by atoms with Crippen LogP contribution in [0.15, 0.2) is 30.5 Å². The van der Waals surface area contributed by atoms with E-state index in [0.29, 0.717) is 262 Å². The van der Waals surface area contributed by atoms with E-state index in [-0.39, 0.29) is 0 Å². The van der Waals surface area contributed by atoms with Crippen molar-refractivity contribution in [3.63, 3.8) is 0 Å². The molecule has 0 aliphatic carbocycles. The van der Waals surface area contributed by atoms with Gasteiger partial charge in [0.15, 0.2) is 0 Å². The Labute approximate surface area is 450 Å². The molecule has 1 aromatic carbocycles. The summed E-state index contributed by atoms with van der Waals surface area (Å²) >= 11 is 0. The quantitative estimate of drug-likeness (QED) is 0.0487. The van der Waals surface area contributed by atoms with Crippen molar-refractivity contribution >= 4 is 8.80 Å². The lowest BCUT2D eigenvalue weighted by atomic mass is 10.2. The van der Waals surface area contributed by atoms with Gasteiger partial charge in [-0.3, -0.25) is 0 Å². The van der Waals surface area contributed by atoms with Crippen molar-refractivity contribution in [2.45, 2.75) is 46.8 Å². The molecule has 0 heterocycles. The van der Waals surface area contributed by atoms with Gasteiger partial charge in [-0.15, -0.1) is 0 Å². The van der Waals surface area contributed by atoms with Crippen molar-refractivity contribution in [2.75, 3.05) is 245 Å². The molecule has 1 aromatic rings. The van der Waals surface area contributed by atoms with E-state index in [2.05, 4.69) is 0 Å². The van der Waals surface area contributed by atoms with Gasteiger partial charge in [-0.2, -0.15) is 0 Å². The molecule has 0 spiro atoms. The summed E-state index contributed by atoms with van der Waals surface area (Å²) in [6.07, 6.45) is 4.19. The second-order valence-corrected chi connectivity index (χ2v) is 18.3. The lowest BCUT2D eigenvalue weighted by Crippen LogP contribution is -2.46. The minimum absolute atomic E-state index is 0.386. The highest BCUT2D eigenvalue weighted by atomic mass is 28.4. The molecule has 0 saturated heterocycles. The van der Waals surface area contributed by atoms with Crippen LogP contribution in [-0.4, -0.2) is 254 Å². The number of hydrogen-bond donors (Lipinski definition) is 0. The summed E-state index contributed by atoms with van der Waals surface area (Å²) in [5.74, 6) is 1.37. The summed E-state index contributed by atoms with van der Waals surface area (Å²) < 4.78 is 123. The van der Waals surface area contributed by atoms with E-state index in [1.807, 2.05) is 52.0 Å². The average Bonchev–Trinajstić information content (AvgIpc) is 3.41. The van der Waals surface area contributed by atoms with Crippen LogP contribution in [0.3, 0.4) is 0 Å². The molecule has 0 radical (unpaired) electrons. The second kappa shape index (κ2) is 58.1. The maximum atomic E-state index is 6.10. The molecule has 0 saturated carbocycles. The first-order valence-electron chi connectivity index (χ1n) is 26.8. The third-order valence-electron chi connectivity index (χ3n) is 9.55. The molecule has 0 aromatic heterocycles. The molecule has 442 valence electrons. The zero-order chi connectivity index (χ0) is 53.9.